The Morgan fingerprint density at radius 2 is 1.65 bits per heavy atom. The largest absolute Gasteiger partial charge is 0.497 e. The zero-order valence-corrected chi connectivity index (χ0v) is 15.6. The molecule has 6 heteroatoms. The Kier molecular flexibility index (Phi) is 7.76. The first-order valence-corrected chi connectivity index (χ1v) is 8.58. The van der Waals surface area contributed by atoms with Gasteiger partial charge in [-0.1, -0.05) is 24.3 Å². The van der Waals surface area contributed by atoms with Crippen molar-refractivity contribution in [2.45, 2.75) is 13.1 Å². The van der Waals surface area contributed by atoms with E-state index in [1.807, 2.05) is 62.6 Å². The lowest BCUT2D eigenvalue weighted by atomic mass is 10.2. The molecule has 2 rings (SSSR count). The van der Waals surface area contributed by atoms with Gasteiger partial charge in [0.1, 0.15) is 18.1 Å². The average Bonchev–Trinajstić information content (AvgIpc) is 2.65. The first-order valence-electron chi connectivity index (χ1n) is 8.58. The molecule has 2 aromatic carbocycles. The van der Waals surface area contributed by atoms with Gasteiger partial charge in [0.25, 0.3) is 0 Å². The van der Waals surface area contributed by atoms with Crippen LogP contribution in [0.5, 0.6) is 11.5 Å². The fourth-order valence-electron chi connectivity index (χ4n) is 2.26. The number of rotatable bonds is 9. The zero-order chi connectivity index (χ0) is 18.8. The van der Waals surface area contributed by atoms with E-state index in [0.717, 1.165) is 29.2 Å². The van der Waals surface area contributed by atoms with Gasteiger partial charge < -0.3 is 25.0 Å². The Balaban J connectivity index is 1.74. The van der Waals surface area contributed by atoms with Gasteiger partial charge in [0.2, 0.25) is 0 Å². The van der Waals surface area contributed by atoms with Gasteiger partial charge in [-0.25, -0.2) is 4.79 Å². The van der Waals surface area contributed by atoms with Gasteiger partial charge in [-0.05, 0) is 49.5 Å². The number of nitrogens with zero attached hydrogens (tertiary/aromatic N) is 1. The highest BCUT2D eigenvalue weighted by Crippen LogP contribution is 2.13. The van der Waals surface area contributed by atoms with Crippen LogP contribution in [0.1, 0.15) is 11.1 Å². The number of hydrogen-bond acceptors (Lipinski definition) is 4. The molecule has 0 aliphatic rings. The Morgan fingerprint density at radius 1 is 0.962 bits per heavy atom. The quantitative estimate of drug-likeness (QED) is 0.724. The van der Waals surface area contributed by atoms with Gasteiger partial charge in [-0.3, -0.25) is 0 Å². The van der Waals surface area contributed by atoms with Crippen LogP contribution in [0.2, 0.25) is 0 Å². The minimum Gasteiger partial charge on any atom is -0.497 e. The van der Waals surface area contributed by atoms with Crippen LogP contribution in [-0.2, 0) is 13.1 Å². The molecule has 2 N–H and O–H groups in total. The van der Waals surface area contributed by atoms with Crippen LogP contribution in [0.4, 0.5) is 4.79 Å². The molecule has 6 nitrogen and oxygen atoms in total. The molecule has 0 radical (unpaired) electrons. The minimum atomic E-state index is -0.209. The van der Waals surface area contributed by atoms with Crippen LogP contribution in [-0.4, -0.2) is 45.3 Å². The maximum Gasteiger partial charge on any atom is 0.315 e. The van der Waals surface area contributed by atoms with E-state index in [9.17, 15) is 4.79 Å². The van der Waals surface area contributed by atoms with Crippen molar-refractivity contribution in [2.24, 2.45) is 0 Å². The number of carbonyl (C=O) groups excluding carboxylic acids is 1. The van der Waals surface area contributed by atoms with E-state index < -0.39 is 0 Å². The van der Waals surface area contributed by atoms with Gasteiger partial charge in [-0.2, -0.15) is 0 Å². The SMILES string of the molecule is COc1ccc(CNC(=O)NCc2cccc(OCCN(C)C)c2)cc1. The lowest BCUT2D eigenvalue weighted by Crippen LogP contribution is -2.34. The smallest absolute Gasteiger partial charge is 0.315 e. The zero-order valence-electron chi connectivity index (χ0n) is 15.6. The van der Waals surface area contributed by atoms with Gasteiger partial charge >= 0.3 is 6.03 Å². The number of hydrogen-bond donors (Lipinski definition) is 2. The van der Waals surface area contributed by atoms with Crippen molar-refractivity contribution in [3.63, 3.8) is 0 Å². The Bertz CT molecular complexity index is 687. The fraction of sp³-hybridized carbons (Fsp3) is 0.350. The molecule has 26 heavy (non-hydrogen) atoms. The summed E-state index contributed by atoms with van der Waals surface area (Å²) in [6, 6.07) is 15.1. The van der Waals surface area contributed by atoms with Crippen molar-refractivity contribution < 1.29 is 14.3 Å². The monoisotopic (exact) mass is 357 g/mol. The number of benzene rings is 2. The first kappa shape index (κ1) is 19.6. The summed E-state index contributed by atoms with van der Waals surface area (Å²) in [7, 11) is 5.64. The number of methoxy groups -OCH3 is 1. The second kappa shape index (κ2) is 10.3. The molecular formula is C20H27N3O3. The van der Waals surface area contributed by atoms with E-state index in [2.05, 4.69) is 15.5 Å². The van der Waals surface area contributed by atoms with Gasteiger partial charge in [0.05, 0.1) is 7.11 Å². The summed E-state index contributed by atoms with van der Waals surface area (Å²) in [6.45, 7) is 2.39. The maximum absolute atomic E-state index is 12.0. The van der Waals surface area contributed by atoms with E-state index >= 15 is 0 Å². The van der Waals surface area contributed by atoms with Crippen molar-refractivity contribution in [3.05, 3.63) is 59.7 Å². The number of ether oxygens (including phenoxy) is 2. The molecular weight excluding hydrogens is 330 g/mol. The molecule has 2 aromatic rings. The Morgan fingerprint density at radius 3 is 2.31 bits per heavy atom. The maximum atomic E-state index is 12.0. The van der Waals surface area contributed by atoms with Gasteiger partial charge in [0, 0.05) is 19.6 Å². The molecule has 0 bridgehead atoms. The number of carbonyl (C=O) groups is 1. The molecule has 140 valence electrons. The standard InChI is InChI=1S/C20H27N3O3/c1-23(2)11-12-26-19-6-4-5-17(13-19)15-22-20(24)21-14-16-7-9-18(25-3)10-8-16/h4-10,13H,11-12,14-15H2,1-3H3,(H2,21,22,24). The van der Waals surface area contributed by atoms with Crippen LogP contribution in [0.3, 0.4) is 0 Å². The topological polar surface area (TPSA) is 62.8 Å². The lowest BCUT2D eigenvalue weighted by molar-refractivity contribution is 0.240. The van der Waals surface area contributed by atoms with Crippen molar-refractivity contribution in [3.8, 4) is 11.5 Å². The summed E-state index contributed by atoms with van der Waals surface area (Å²) >= 11 is 0. The molecule has 0 aliphatic heterocycles. The predicted octanol–water partition coefficient (Wildman–Crippen LogP) is 2.64. The highest BCUT2D eigenvalue weighted by Gasteiger charge is 2.03. The third-order valence-corrected chi connectivity index (χ3v) is 3.77. The van der Waals surface area contributed by atoms with Crippen LogP contribution in [0.15, 0.2) is 48.5 Å². The van der Waals surface area contributed by atoms with Crippen molar-refractivity contribution >= 4 is 6.03 Å². The van der Waals surface area contributed by atoms with Crippen LogP contribution >= 0.6 is 0 Å². The molecule has 0 saturated carbocycles. The van der Waals surface area contributed by atoms with Crippen LogP contribution in [0.25, 0.3) is 0 Å². The molecule has 0 heterocycles. The third kappa shape index (κ3) is 7.03. The molecule has 0 saturated heterocycles. The van der Waals surface area contributed by atoms with Crippen molar-refractivity contribution in [2.75, 3.05) is 34.4 Å². The van der Waals surface area contributed by atoms with Gasteiger partial charge in [-0.15, -0.1) is 0 Å². The molecule has 0 aromatic heterocycles. The predicted molar refractivity (Wildman–Crippen MR) is 103 cm³/mol. The minimum absolute atomic E-state index is 0.209. The number of urea groups is 1. The highest BCUT2D eigenvalue weighted by atomic mass is 16.5. The molecule has 0 aliphatic carbocycles. The summed E-state index contributed by atoms with van der Waals surface area (Å²) in [5.74, 6) is 1.61. The van der Waals surface area contributed by atoms with Crippen molar-refractivity contribution in [1.29, 1.82) is 0 Å². The van der Waals surface area contributed by atoms with E-state index in [1.54, 1.807) is 7.11 Å². The summed E-state index contributed by atoms with van der Waals surface area (Å²) in [5.41, 5.74) is 2.00. The Labute approximate surface area is 155 Å². The summed E-state index contributed by atoms with van der Waals surface area (Å²) in [5, 5.41) is 5.70. The molecule has 0 fully saturated rings. The fourth-order valence-corrected chi connectivity index (χ4v) is 2.26. The number of nitrogens with one attached hydrogen (secondary N) is 2. The normalized spacial score (nSPS) is 10.5. The van der Waals surface area contributed by atoms with E-state index in [4.69, 9.17) is 9.47 Å². The average molecular weight is 357 g/mol. The lowest BCUT2D eigenvalue weighted by Gasteiger charge is -2.12. The highest BCUT2D eigenvalue weighted by molar-refractivity contribution is 5.73. The van der Waals surface area contributed by atoms with E-state index in [1.165, 1.54) is 0 Å². The van der Waals surface area contributed by atoms with Crippen LogP contribution in [0, 0.1) is 0 Å². The first-order chi connectivity index (χ1) is 12.6. The van der Waals surface area contributed by atoms with Gasteiger partial charge in [0.15, 0.2) is 0 Å². The molecule has 0 unspecified atom stereocenters. The third-order valence-electron chi connectivity index (χ3n) is 3.77. The van der Waals surface area contributed by atoms with Crippen LogP contribution < -0.4 is 20.1 Å². The van der Waals surface area contributed by atoms with E-state index in [0.29, 0.717) is 19.7 Å². The second-order valence-corrected chi connectivity index (χ2v) is 6.18. The number of amides is 2. The molecule has 0 spiro atoms. The summed E-state index contributed by atoms with van der Waals surface area (Å²) in [4.78, 5) is 14.0. The van der Waals surface area contributed by atoms with E-state index in [-0.39, 0.29) is 6.03 Å². The molecule has 0 atom stereocenters. The molecule has 2 amide bonds. The summed E-state index contributed by atoms with van der Waals surface area (Å²) in [6.07, 6.45) is 0. The van der Waals surface area contributed by atoms with Crippen molar-refractivity contribution in [1.82, 2.24) is 15.5 Å². The Hall–Kier alpha value is -2.73. The summed E-state index contributed by atoms with van der Waals surface area (Å²) < 4.78 is 10.8. The second-order valence-electron chi connectivity index (χ2n) is 6.18. The number of likely N-dealkylation sites (N-methyl/N-ethyl adjacent to an activating group) is 1.